The Labute approximate surface area is 104 Å². The van der Waals surface area contributed by atoms with Gasteiger partial charge in [0.1, 0.15) is 6.61 Å². The van der Waals surface area contributed by atoms with Gasteiger partial charge in [-0.05, 0) is 12.5 Å². The number of ether oxygens (including phenoxy) is 2. The molecule has 1 rings (SSSR count). The second-order valence-electron chi connectivity index (χ2n) is 3.31. The monoisotopic (exact) mass is 252 g/mol. The topological polar surface area (TPSA) is 52.6 Å². The fourth-order valence-corrected chi connectivity index (χ4v) is 1.13. The van der Waals surface area contributed by atoms with E-state index in [1.165, 1.54) is 0 Å². The molecule has 0 aliphatic carbocycles. The first-order valence-corrected chi connectivity index (χ1v) is 5.38. The predicted molar refractivity (Wildman–Crippen MR) is 62.1 cm³/mol. The van der Waals surface area contributed by atoms with Gasteiger partial charge in [0.05, 0.1) is 12.7 Å². The molecule has 0 heterocycles. The van der Waals surface area contributed by atoms with Crippen molar-refractivity contribution < 1.29 is 23.5 Å². The first-order valence-electron chi connectivity index (χ1n) is 5.38. The van der Waals surface area contributed by atoms with Gasteiger partial charge in [0, 0.05) is 0 Å². The molecule has 96 valence electrons. The van der Waals surface area contributed by atoms with Crippen molar-refractivity contribution >= 4 is 11.9 Å². The van der Waals surface area contributed by atoms with E-state index in [0.29, 0.717) is 6.08 Å². The number of halogens is 1. The number of carbonyl (C=O) groups is 2. The highest BCUT2D eigenvalue weighted by Gasteiger charge is 2.12. The minimum atomic E-state index is -1.27. The molecule has 1 aromatic rings. The van der Waals surface area contributed by atoms with Crippen LogP contribution < -0.4 is 0 Å². The van der Waals surface area contributed by atoms with Crippen LogP contribution in [0.15, 0.2) is 42.2 Å². The smallest absolute Gasteiger partial charge is 0.367 e. The number of hydrogen-bond acceptors (Lipinski definition) is 4. The van der Waals surface area contributed by atoms with Gasteiger partial charge in [-0.25, -0.2) is 9.59 Å². The molecule has 0 aliphatic rings. The Hall–Kier alpha value is -2.17. The largest absolute Gasteiger partial charge is 0.461 e. The molecule has 0 bridgehead atoms. The second kappa shape index (κ2) is 7.21. The fraction of sp³-hybridized carbons (Fsp3) is 0.231. The quantitative estimate of drug-likeness (QED) is 0.595. The molecule has 0 atom stereocenters. The van der Waals surface area contributed by atoms with E-state index in [4.69, 9.17) is 4.74 Å². The molecule has 0 saturated heterocycles. The lowest BCUT2D eigenvalue weighted by Gasteiger charge is -2.02. The molecule has 4 nitrogen and oxygen atoms in total. The molecule has 0 amide bonds. The maximum absolute atomic E-state index is 13.0. The Morgan fingerprint density at radius 1 is 1.22 bits per heavy atom. The van der Waals surface area contributed by atoms with Crippen molar-refractivity contribution in [1.29, 1.82) is 0 Å². The van der Waals surface area contributed by atoms with E-state index in [0.717, 1.165) is 5.56 Å². The maximum atomic E-state index is 13.0. The molecular weight excluding hydrogens is 239 g/mol. The molecular formula is C13H13FO4. The summed E-state index contributed by atoms with van der Waals surface area (Å²) in [6.07, 6.45) is 0.473. The number of benzene rings is 1. The SMILES string of the molecule is CCOC(=O)/C(F)=C/C(=O)OCc1ccccc1. The minimum absolute atomic E-state index is 0.0201. The zero-order valence-electron chi connectivity index (χ0n) is 9.89. The predicted octanol–water partition coefficient (Wildman–Crippen LogP) is 2.15. The summed E-state index contributed by atoms with van der Waals surface area (Å²) in [7, 11) is 0. The van der Waals surface area contributed by atoms with Gasteiger partial charge in [-0.3, -0.25) is 0 Å². The van der Waals surface area contributed by atoms with E-state index in [9.17, 15) is 14.0 Å². The molecule has 1 aromatic carbocycles. The van der Waals surface area contributed by atoms with Crippen molar-refractivity contribution in [3.8, 4) is 0 Å². The molecule has 0 aliphatic heterocycles. The number of esters is 2. The van der Waals surface area contributed by atoms with Crippen LogP contribution in [0.25, 0.3) is 0 Å². The van der Waals surface area contributed by atoms with Crippen LogP contribution in [0, 0.1) is 0 Å². The Morgan fingerprint density at radius 2 is 1.89 bits per heavy atom. The zero-order valence-corrected chi connectivity index (χ0v) is 9.89. The Bertz CT molecular complexity index is 440. The van der Waals surface area contributed by atoms with Crippen LogP contribution in [0.2, 0.25) is 0 Å². The third kappa shape index (κ3) is 4.78. The Kier molecular flexibility index (Phi) is 5.57. The van der Waals surface area contributed by atoms with Gasteiger partial charge >= 0.3 is 11.9 Å². The number of rotatable bonds is 5. The minimum Gasteiger partial charge on any atom is -0.461 e. The van der Waals surface area contributed by atoms with E-state index in [1.807, 2.05) is 6.07 Å². The van der Waals surface area contributed by atoms with E-state index in [2.05, 4.69) is 4.74 Å². The average Bonchev–Trinajstić information content (AvgIpc) is 2.38. The van der Waals surface area contributed by atoms with E-state index in [1.54, 1.807) is 31.2 Å². The Balaban J connectivity index is 2.46. The van der Waals surface area contributed by atoms with Crippen molar-refractivity contribution in [2.24, 2.45) is 0 Å². The lowest BCUT2D eigenvalue weighted by molar-refractivity contribution is -0.143. The number of hydrogen-bond donors (Lipinski definition) is 0. The summed E-state index contributed by atoms with van der Waals surface area (Å²) < 4.78 is 22.2. The molecule has 0 spiro atoms. The lowest BCUT2D eigenvalue weighted by atomic mass is 10.2. The van der Waals surface area contributed by atoms with Crippen molar-refractivity contribution in [2.75, 3.05) is 6.61 Å². The third-order valence-electron chi connectivity index (χ3n) is 1.94. The summed E-state index contributed by atoms with van der Waals surface area (Å²) in [6, 6.07) is 8.93. The standard InChI is InChI=1S/C13H13FO4/c1-2-17-13(16)11(14)8-12(15)18-9-10-6-4-3-5-7-10/h3-8H,2,9H2,1H3/b11-8-. The molecule has 0 radical (unpaired) electrons. The van der Waals surface area contributed by atoms with Crippen LogP contribution >= 0.6 is 0 Å². The van der Waals surface area contributed by atoms with E-state index < -0.39 is 17.8 Å². The van der Waals surface area contributed by atoms with Gasteiger partial charge < -0.3 is 9.47 Å². The van der Waals surface area contributed by atoms with Crippen LogP contribution in [-0.2, 0) is 25.7 Å². The fourth-order valence-electron chi connectivity index (χ4n) is 1.13. The zero-order chi connectivity index (χ0) is 13.4. The lowest BCUT2D eigenvalue weighted by Crippen LogP contribution is -2.08. The average molecular weight is 252 g/mol. The normalized spacial score (nSPS) is 10.9. The highest BCUT2D eigenvalue weighted by Crippen LogP contribution is 2.04. The molecule has 0 saturated carbocycles. The van der Waals surface area contributed by atoms with Gasteiger partial charge in [-0.1, -0.05) is 30.3 Å². The summed E-state index contributed by atoms with van der Waals surface area (Å²) in [5, 5.41) is 0. The molecule has 0 unspecified atom stereocenters. The molecule has 18 heavy (non-hydrogen) atoms. The third-order valence-corrected chi connectivity index (χ3v) is 1.94. The number of carbonyl (C=O) groups excluding carboxylic acids is 2. The second-order valence-corrected chi connectivity index (χ2v) is 3.31. The van der Waals surface area contributed by atoms with Gasteiger partial charge in [-0.2, -0.15) is 4.39 Å². The van der Waals surface area contributed by atoms with Crippen molar-refractivity contribution in [3.63, 3.8) is 0 Å². The van der Waals surface area contributed by atoms with Crippen LogP contribution in [0.3, 0.4) is 0 Å². The summed E-state index contributed by atoms with van der Waals surface area (Å²) in [5.41, 5.74) is 0.774. The summed E-state index contributed by atoms with van der Waals surface area (Å²) >= 11 is 0. The van der Waals surface area contributed by atoms with Gasteiger partial charge in [0.15, 0.2) is 0 Å². The maximum Gasteiger partial charge on any atom is 0.367 e. The van der Waals surface area contributed by atoms with Crippen molar-refractivity contribution in [2.45, 2.75) is 13.5 Å². The summed E-state index contributed by atoms with van der Waals surface area (Å²) in [6.45, 7) is 1.60. The van der Waals surface area contributed by atoms with Crippen LogP contribution in [-0.4, -0.2) is 18.5 Å². The van der Waals surface area contributed by atoms with Gasteiger partial charge in [0.25, 0.3) is 0 Å². The molecule has 0 aromatic heterocycles. The van der Waals surface area contributed by atoms with Crippen LogP contribution in [0.5, 0.6) is 0 Å². The van der Waals surface area contributed by atoms with Gasteiger partial charge in [0.2, 0.25) is 5.83 Å². The summed E-state index contributed by atoms with van der Waals surface area (Å²) in [4.78, 5) is 22.1. The highest BCUT2D eigenvalue weighted by molar-refractivity contribution is 5.94. The van der Waals surface area contributed by atoms with Crippen molar-refractivity contribution in [1.82, 2.24) is 0 Å². The molecule has 5 heteroatoms. The van der Waals surface area contributed by atoms with Gasteiger partial charge in [-0.15, -0.1) is 0 Å². The van der Waals surface area contributed by atoms with E-state index >= 15 is 0 Å². The Morgan fingerprint density at radius 3 is 2.50 bits per heavy atom. The first kappa shape index (κ1) is 13.9. The van der Waals surface area contributed by atoms with Crippen molar-refractivity contribution in [3.05, 3.63) is 47.8 Å². The molecule has 0 fully saturated rings. The summed E-state index contributed by atoms with van der Waals surface area (Å²) in [5.74, 6) is -3.37. The molecule has 0 N–H and O–H groups in total. The first-order chi connectivity index (χ1) is 8.63. The van der Waals surface area contributed by atoms with E-state index in [-0.39, 0.29) is 13.2 Å². The highest BCUT2D eigenvalue weighted by atomic mass is 19.1. The van der Waals surface area contributed by atoms with Crippen LogP contribution in [0.4, 0.5) is 4.39 Å². The van der Waals surface area contributed by atoms with Crippen LogP contribution in [0.1, 0.15) is 12.5 Å².